The standard InChI is InChI=1S/C15H20F3N5O/c1-3-12-20-21-13(24-12)9-23-6-4-5-10(7-23)14-19-11(8-22(14)2)15(16,17)18/h8,10H,3-7,9H2,1-2H3/t10-/m1/s1. The highest BCUT2D eigenvalue weighted by atomic mass is 19.4. The van der Waals surface area contributed by atoms with Gasteiger partial charge in [0.15, 0.2) is 5.69 Å². The maximum Gasteiger partial charge on any atom is 0.434 e. The zero-order valence-corrected chi connectivity index (χ0v) is 13.7. The molecule has 0 amide bonds. The Balaban J connectivity index is 1.70. The number of aromatic nitrogens is 4. The molecule has 3 rings (SSSR count). The summed E-state index contributed by atoms with van der Waals surface area (Å²) in [6, 6.07) is 0. The first-order chi connectivity index (χ1) is 11.4. The fourth-order valence-electron chi connectivity index (χ4n) is 3.09. The first-order valence-corrected chi connectivity index (χ1v) is 8.01. The lowest BCUT2D eigenvalue weighted by Gasteiger charge is -2.31. The van der Waals surface area contributed by atoms with Crippen LogP contribution in [0, 0.1) is 0 Å². The molecule has 3 heterocycles. The van der Waals surface area contributed by atoms with Crippen LogP contribution in [0.4, 0.5) is 13.2 Å². The number of hydrogen-bond acceptors (Lipinski definition) is 5. The van der Waals surface area contributed by atoms with Crippen molar-refractivity contribution in [1.82, 2.24) is 24.6 Å². The van der Waals surface area contributed by atoms with Crippen molar-refractivity contribution in [2.75, 3.05) is 13.1 Å². The van der Waals surface area contributed by atoms with Gasteiger partial charge in [0, 0.05) is 32.1 Å². The number of hydrogen-bond donors (Lipinski definition) is 0. The summed E-state index contributed by atoms with van der Waals surface area (Å²) in [5.41, 5.74) is -0.832. The molecule has 1 saturated heterocycles. The van der Waals surface area contributed by atoms with Gasteiger partial charge in [-0.15, -0.1) is 10.2 Å². The third kappa shape index (κ3) is 3.61. The lowest BCUT2D eigenvalue weighted by Crippen LogP contribution is -2.34. The minimum atomic E-state index is -4.41. The summed E-state index contributed by atoms with van der Waals surface area (Å²) < 4.78 is 45.5. The minimum Gasteiger partial charge on any atom is -0.424 e. The van der Waals surface area contributed by atoms with Crippen LogP contribution in [0.25, 0.3) is 0 Å². The van der Waals surface area contributed by atoms with Crippen LogP contribution in [0.1, 0.15) is 49.0 Å². The molecule has 24 heavy (non-hydrogen) atoms. The maximum atomic E-state index is 12.8. The Labute approximate surface area is 137 Å². The Morgan fingerprint density at radius 2 is 2.04 bits per heavy atom. The van der Waals surface area contributed by atoms with Crippen molar-refractivity contribution in [3.8, 4) is 0 Å². The topological polar surface area (TPSA) is 60.0 Å². The summed E-state index contributed by atoms with van der Waals surface area (Å²) in [5, 5.41) is 7.94. The predicted octanol–water partition coefficient (Wildman–Crippen LogP) is 2.76. The van der Waals surface area contributed by atoms with Gasteiger partial charge in [0.25, 0.3) is 0 Å². The molecule has 0 N–H and O–H groups in total. The van der Waals surface area contributed by atoms with E-state index in [1.807, 2.05) is 6.92 Å². The lowest BCUT2D eigenvalue weighted by atomic mass is 9.97. The fraction of sp³-hybridized carbons (Fsp3) is 0.667. The Morgan fingerprint density at radius 3 is 2.67 bits per heavy atom. The van der Waals surface area contributed by atoms with E-state index in [0.29, 0.717) is 37.1 Å². The van der Waals surface area contributed by atoms with Gasteiger partial charge in [-0.1, -0.05) is 6.92 Å². The second kappa shape index (κ2) is 6.54. The van der Waals surface area contributed by atoms with Crippen molar-refractivity contribution in [2.24, 2.45) is 7.05 Å². The van der Waals surface area contributed by atoms with Gasteiger partial charge in [0.05, 0.1) is 6.54 Å². The molecule has 2 aromatic heterocycles. The number of nitrogens with zero attached hydrogens (tertiary/aromatic N) is 5. The normalized spacial score (nSPS) is 19.8. The van der Waals surface area contributed by atoms with E-state index in [2.05, 4.69) is 20.1 Å². The number of aryl methyl sites for hydroxylation is 2. The summed E-state index contributed by atoms with van der Waals surface area (Å²) in [7, 11) is 1.61. The van der Waals surface area contributed by atoms with Crippen molar-refractivity contribution < 1.29 is 17.6 Å². The number of rotatable bonds is 4. The van der Waals surface area contributed by atoms with Crippen molar-refractivity contribution >= 4 is 0 Å². The molecule has 9 heteroatoms. The molecule has 2 aromatic rings. The molecule has 1 aliphatic rings. The van der Waals surface area contributed by atoms with E-state index >= 15 is 0 Å². The average Bonchev–Trinajstić information content (AvgIpc) is 3.13. The summed E-state index contributed by atoms with van der Waals surface area (Å²) in [6.45, 7) is 3.94. The predicted molar refractivity (Wildman–Crippen MR) is 79.1 cm³/mol. The first-order valence-electron chi connectivity index (χ1n) is 8.01. The molecule has 0 aliphatic carbocycles. The molecule has 0 saturated carbocycles. The van der Waals surface area contributed by atoms with E-state index < -0.39 is 11.9 Å². The molecule has 0 unspecified atom stereocenters. The monoisotopic (exact) mass is 343 g/mol. The van der Waals surface area contributed by atoms with Crippen LogP contribution in [-0.2, 0) is 26.2 Å². The van der Waals surface area contributed by atoms with Gasteiger partial charge in [-0.3, -0.25) is 4.90 Å². The van der Waals surface area contributed by atoms with E-state index in [0.717, 1.165) is 25.6 Å². The Hall–Kier alpha value is -1.90. The molecule has 0 spiro atoms. The van der Waals surface area contributed by atoms with Crippen molar-refractivity contribution in [3.05, 3.63) is 29.5 Å². The Bertz CT molecular complexity index is 694. The van der Waals surface area contributed by atoms with Crippen LogP contribution >= 0.6 is 0 Å². The van der Waals surface area contributed by atoms with Crippen molar-refractivity contribution in [2.45, 2.75) is 44.8 Å². The summed E-state index contributed by atoms with van der Waals surface area (Å²) in [6.07, 6.45) is -0.954. The molecule has 132 valence electrons. The Kier molecular flexibility index (Phi) is 4.62. The molecular formula is C15H20F3N5O. The van der Waals surface area contributed by atoms with Crippen LogP contribution in [0.5, 0.6) is 0 Å². The van der Waals surface area contributed by atoms with E-state index in [4.69, 9.17) is 4.42 Å². The van der Waals surface area contributed by atoms with Gasteiger partial charge in [0.2, 0.25) is 11.8 Å². The minimum absolute atomic E-state index is 0.0339. The number of piperidine rings is 1. The molecule has 6 nitrogen and oxygen atoms in total. The molecule has 0 radical (unpaired) electrons. The van der Waals surface area contributed by atoms with E-state index in [9.17, 15) is 13.2 Å². The summed E-state index contributed by atoms with van der Waals surface area (Å²) in [4.78, 5) is 5.95. The number of likely N-dealkylation sites (tertiary alicyclic amines) is 1. The smallest absolute Gasteiger partial charge is 0.424 e. The summed E-state index contributed by atoms with van der Waals surface area (Å²) >= 11 is 0. The van der Waals surface area contributed by atoms with Crippen LogP contribution < -0.4 is 0 Å². The maximum absolute atomic E-state index is 12.8. The van der Waals surface area contributed by atoms with Crippen molar-refractivity contribution in [3.63, 3.8) is 0 Å². The van der Waals surface area contributed by atoms with E-state index in [-0.39, 0.29) is 5.92 Å². The van der Waals surface area contributed by atoms with Gasteiger partial charge in [0.1, 0.15) is 5.82 Å². The zero-order valence-electron chi connectivity index (χ0n) is 13.7. The summed E-state index contributed by atoms with van der Waals surface area (Å²) in [5.74, 6) is 1.58. The van der Waals surface area contributed by atoms with Gasteiger partial charge in [-0.05, 0) is 19.4 Å². The second-order valence-electron chi connectivity index (χ2n) is 6.11. The average molecular weight is 343 g/mol. The largest absolute Gasteiger partial charge is 0.434 e. The number of halogens is 3. The third-order valence-electron chi connectivity index (χ3n) is 4.24. The quantitative estimate of drug-likeness (QED) is 0.854. The molecule has 1 aliphatic heterocycles. The zero-order chi connectivity index (χ0) is 17.3. The fourth-order valence-corrected chi connectivity index (χ4v) is 3.09. The van der Waals surface area contributed by atoms with Crippen LogP contribution in [0.15, 0.2) is 10.6 Å². The van der Waals surface area contributed by atoms with Crippen LogP contribution in [0.3, 0.4) is 0 Å². The number of alkyl halides is 3. The van der Waals surface area contributed by atoms with Gasteiger partial charge in [-0.25, -0.2) is 4.98 Å². The van der Waals surface area contributed by atoms with Crippen molar-refractivity contribution in [1.29, 1.82) is 0 Å². The second-order valence-corrected chi connectivity index (χ2v) is 6.11. The molecule has 0 aromatic carbocycles. The molecule has 0 bridgehead atoms. The highest BCUT2D eigenvalue weighted by Crippen LogP contribution is 2.32. The molecule has 1 fully saturated rings. The van der Waals surface area contributed by atoms with Gasteiger partial charge in [-0.2, -0.15) is 13.2 Å². The van der Waals surface area contributed by atoms with Crippen LogP contribution in [0.2, 0.25) is 0 Å². The molecule has 1 atom stereocenters. The van der Waals surface area contributed by atoms with Gasteiger partial charge >= 0.3 is 6.18 Å². The van der Waals surface area contributed by atoms with E-state index in [1.54, 1.807) is 7.05 Å². The highest BCUT2D eigenvalue weighted by molar-refractivity contribution is 5.12. The SMILES string of the molecule is CCc1nnc(CN2CCC[C@@H](c3nc(C(F)(F)F)cn3C)C2)o1. The lowest BCUT2D eigenvalue weighted by molar-refractivity contribution is -0.141. The molecular weight excluding hydrogens is 323 g/mol. The van der Waals surface area contributed by atoms with E-state index in [1.165, 1.54) is 4.57 Å². The van der Waals surface area contributed by atoms with Gasteiger partial charge < -0.3 is 8.98 Å². The van der Waals surface area contributed by atoms with Crippen LogP contribution in [-0.4, -0.2) is 37.7 Å². The first kappa shape index (κ1) is 16.9. The number of imidazole rings is 1. The third-order valence-corrected chi connectivity index (χ3v) is 4.24. The highest BCUT2D eigenvalue weighted by Gasteiger charge is 2.36. The Morgan fingerprint density at radius 1 is 1.29 bits per heavy atom.